The number of aliphatic imine (C=N–C) groups is 1. The van der Waals surface area contributed by atoms with Gasteiger partial charge in [0.05, 0.1) is 39.0 Å². The Balaban J connectivity index is 1.57. The number of fused-ring (bicyclic) bond motifs is 1. The topological polar surface area (TPSA) is 178 Å². The highest BCUT2D eigenvalue weighted by Crippen LogP contribution is 2.38. The number of benzene rings is 2. The average molecular weight is 499 g/mol. The predicted octanol–water partition coefficient (Wildman–Crippen LogP) is 3.33. The minimum Gasteiger partial charge on any atom is -0.477 e. The molecule has 1 aliphatic rings. The molecule has 178 valence electrons. The number of carboxylic acids is 1. The van der Waals surface area contributed by atoms with Gasteiger partial charge >= 0.3 is 12.1 Å². The molecule has 3 aromatic rings. The minimum absolute atomic E-state index is 0.0351. The minimum atomic E-state index is -1.41. The number of imidazole rings is 1. The van der Waals surface area contributed by atoms with Crippen LogP contribution in [0.1, 0.15) is 5.69 Å². The molecule has 13 nitrogen and oxygen atoms in total. The van der Waals surface area contributed by atoms with Crippen LogP contribution in [0.4, 0.5) is 27.5 Å². The van der Waals surface area contributed by atoms with Gasteiger partial charge in [-0.3, -0.25) is 20.0 Å². The van der Waals surface area contributed by atoms with E-state index in [0.717, 1.165) is 6.07 Å². The van der Waals surface area contributed by atoms with Crippen molar-refractivity contribution in [3.8, 4) is 5.69 Å². The van der Waals surface area contributed by atoms with E-state index in [1.807, 2.05) is 0 Å². The van der Waals surface area contributed by atoms with Gasteiger partial charge in [0, 0.05) is 12.3 Å². The lowest BCUT2D eigenvalue weighted by Crippen LogP contribution is -2.38. The Morgan fingerprint density at radius 1 is 1.34 bits per heavy atom. The molecule has 1 aliphatic heterocycles. The first-order valence-electron chi connectivity index (χ1n) is 9.84. The molecule has 35 heavy (non-hydrogen) atoms. The Hall–Kier alpha value is -4.78. The van der Waals surface area contributed by atoms with E-state index < -0.39 is 28.7 Å². The smallest absolute Gasteiger partial charge is 0.412 e. The molecule has 1 unspecified atom stereocenters. The number of amides is 1. The van der Waals surface area contributed by atoms with Gasteiger partial charge in [0.15, 0.2) is 5.71 Å². The summed E-state index contributed by atoms with van der Waals surface area (Å²) < 4.78 is 6.43. The fourth-order valence-corrected chi connectivity index (χ4v) is 3.44. The molecular formula is C21H15ClN6O7. The van der Waals surface area contributed by atoms with Crippen LogP contribution in [0.2, 0.25) is 5.02 Å². The van der Waals surface area contributed by atoms with E-state index in [1.54, 1.807) is 24.3 Å². The van der Waals surface area contributed by atoms with Gasteiger partial charge in [-0.15, -0.1) is 0 Å². The first-order chi connectivity index (χ1) is 16.8. The number of halogens is 1. The number of aromatic nitrogens is 2. The molecule has 0 aliphatic carbocycles. The van der Waals surface area contributed by atoms with E-state index >= 15 is 0 Å². The Kier molecular flexibility index (Phi) is 6.42. The number of hydrogen-bond acceptors (Lipinski definition) is 9. The highest BCUT2D eigenvalue weighted by Gasteiger charge is 2.30. The zero-order valence-corrected chi connectivity index (χ0v) is 18.3. The number of para-hydroxylation sites is 1. The van der Waals surface area contributed by atoms with Gasteiger partial charge in [-0.05, 0) is 18.2 Å². The number of carboxylic acid groups (broad SMARTS) is 1. The number of nitro groups is 1. The van der Waals surface area contributed by atoms with Crippen LogP contribution in [0.15, 0.2) is 53.9 Å². The highest BCUT2D eigenvalue weighted by molar-refractivity contribution is 6.42. The monoisotopic (exact) mass is 498 g/mol. The van der Waals surface area contributed by atoms with Gasteiger partial charge in [0.25, 0.3) is 5.69 Å². The molecule has 0 saturated heterocycles. The Morgan fingerprint density at radius 3 is 2.80 bits per heavy atom. The van der Waals surface area contributed by atoms with E-state index in [4.69, 9.17) is 16.3 Å². The molecule has 0 bridgehead atoms. The second kappa shape index (κ2) is 9.61. The van der Waals surface area contributed by atoms with Crippen LogP contribution < -0.4 is 10.6 Å². The molecule has 1 atom stereocenters. The van der Waals surface area contributed by atoms with Crippen molar-refractivity contribution in [1.82, 2.24) is 9.55 Å². The first kappa shape index (κ1) is 23.4. The van der Waals surface area contributed by atoms with Crippen molar-refractivity contribution in [3.05, 3.63) is 69.8 Å². The average Bonchev–Trinajstić information content (AvgIpc) is 3.31. The Morgan fingerprint density at radius 2 is 2.11 bits per heavy atom. The summed E-state index contributed by atoms with van der Waals surface area (Å²) in [5, 5.41) is 26.4. The van der Waals surface area contributed by atoms with Crippen molar-refractivity contribution in [2.45, 2.75) is 12.6 Å². The van der Waals surface area contributed by atoms with Crippen molar-refractivity contribution in [2.24, 2.45) is 4.99 Å². The summed E-state index contributed by atoms with van der Waals surface area (Å²) in [6, 6.07) is 7.78. The molecule has 0 fully saturated rings. The number of ether oxygens (including phenoxy) is 1. The standard InChI is InChI=1S/C21H15ClN6O7/c22-12-3-1-2-4-13(12)26-21(32)35-9-11-7-27(10-23-11)17-5-15-14(6-18(17)28(33)34)24-16(8-29)19(25-15)20(30)31/h1-8,10,16,24H,9H2,(H,26,32)(H,30,31). The van der Waals surface area contributed by atoms with Gasteiger partial charge in [-0.25, -0.2) is 19.6 Å². The number of aliphatic carboxylic acids is 1. The Bertz CT molecular complexity index is 1390. The number of nitro benzene ring substituents is 1. The zero-order valence-electron chi connectivity index (χ0n) is 17.5. The van der Waals surface area contributed by atoms with Crippen molar-refractivity contribution in [2.75, 3.05) is 10.6 Å². The number of carbonyl (C=O) groups is 3. The van der Waals surface area contributed by atoms with Crippen LogP contribution in [-0.2, 0) is 20.9 Å². The lowest BCUT2D eigenvalue weighted by Gasteiger charge is -2.21. The summed E-state index contributed by atoms with van der Waals surface area (Å²) in [6.07, 6.45) is 2.24. The third-order valence-corrected chi connectivity index (χ3v) is 5.20. The lowest BCUT2D eigenvalue weighted by atomic mass is 10.1. The van der Waals surface area contributed by atoms with E-state index in [1.165, 1.54) is 23.2 Å². The predicted molar refractivity (Wildman–Crippen MR) is 124 cm³/mol. The highest BCUT2D eigenvalue weighted by atomic mass is 35.5. The number of nitrogens with zero attached hydrogens (tertiary/aromatic N) is 4. The molecule has 0 spiro atoms. The summed E-state index contributed by atoms with van der Waals surface area (Å²) in [5.41, 5.74) is 0.0936. The third kappa shape index (κ3) is 4.94. The quantitative estimate of drug-likeness (QED) is 0.250. The van der Waals surface area contributed by atoms with E-state index in [-0.39, 0.29) is 35.1 Å². The molecule has 14 heteroatoms. The molecule has 0 saturated carbocycles. The second-order valence-electron chi connectivity index (χ2n) is 7.13. The van der Waals surface area contributed by atoms with Gasteiger partial charge in [-0.2, -0.15) is 0 Å². The first-order valence-corrected chi connectivity index (χ1v) is 10.2. The van der Waals surface area contributed by atoms with Gasteiger partial charge in [0.1, 0.15) is 24.6 Å². The fourth-order valence-electron chi connectivity index (χ4n) is 3.26. The normalized spacial score (nSPS) is 14.2. The molecule has 1 aromatic heterocycles. The molecule has 0 radical (unpaired) electrons. The Labute approximate surface area is 201 Å². The number of hydrogen-bond donors (Lipinski definition) is 3. The van der Waals surface area contributed by atoms with Crippen molar-refractivity contribution in [3.63, 3.8) is 0 Å². The molecule has 2 heterocycles. The number of anilines is 2. The molecule has 2 aromatic carbocycles. The van der Waals surface area contributed by atoms with Crippen LogP contribution in [-0.4, -0.2) is 49.7 Å². The summed E-state index contributed by atoms with van der Waals surface area (Å²) in [7, 11) is 0. The van der Waals surface area contributed by atoms with Crippen LogP contribution in [0.5, 0.6) is 0 Å². The molecular weight excluding hydrogens is 484 g/mol. The maximum Gasteiger partial charge on any atom is 0.412 e. The van der Waals surface area contributed by atoms with Gasteiger partial charge in [0.2, 0.25) is 0 Å². The zero-order chi connectivity index (χ0) is 25.1. The summed E-state index contributed by atoms with van der Waals surface area (Å²) >= 11 is 5.99. The summed E-state index contributed by atoms with van der Waals surface area (Å²) in [4.78, 5) is 53.8. The molecule has 3 N–H and O–H groups in total. The molecule has 4 rings (SSSR count). The van der Waals surface area contributed by atoms with E-state index in [9.17, 15) is 29.6 Å². The number of carbonyl (C=O) groups excluding carboxylic acids is 2. The van der Waals surface area contributed by atoms with Crippen molar-refractivity contribution < 1.29 is 29.2 Å². The largest absolute Gasteiger partial charge is 0.477 e. The summed E-state index contributed by atoms with van der Waals surface area (Å²) in [6.45, 7) is -0.244. The number of rotatable bonds is 7. The molecule has 1 amide bonds. The lowest BCUT2D eigenvalue weighted by molar-refractivity contribution is -0.384. The SMILES string of the molecule is O=CC1Nc2cc([N+](=O)[O-])c(-n3cnc(COC(=O)Nc4ccccc4Cl)c3)cc2N=C1C(=O)O. The van der Waals surface area contributed by atoms with Crippen molar-refractivity contribution in [1.29, 1.82) is 0 Å². The van der Waals surface area contributed by atoms with Gasteiger partial charge < -0.3 is 20.0 Å². The van der Waals surface area contributed by atoms with Crippen molar-refractivity contribution >= 4 is 58.4 Å². The van der Waals surface area contributed by atoms with Crippen LogP contribution >= 0.6 is 11.6 Å². The van der Waals surface area contributed by atoms with Crippen LogP contribution in [0.25, 0.3) is 5.69 Å². The maximum absolute atomic E-state index is 12.0. The second-order valence-corrected chi connectivity index (χ2v) is 7.54. The maximum atomic E-state index is 12.0. The van der Waals surface area contributed by atoms with E-state index in [2.05, 4.69) is 20.6 Å². The van der Waals surface area contributed by atoms with Crippen LogP contribution in [0.3, 0.4) is 0 Å². The third-order valence-electron chi connectivity index (χ3n) is 4.87. The van der Waals surface area contributed by atoms with Gasteiger partial charge in [-0.1, -0.05) is 23.7 Å². The summed E-state index contributed by atoms with van der Waals surface area (Å²) in [5.74, 6) is -1.41. The number of aldehydes is 1. The fraction of sp³-hybridized carbons (Fsp3) is 0.0952. The van der Waals surface area contributed by atoms with E-state index in [0.29, 0.717) is 17.0 Å². The van der Waals surface area contributed by atoms with Crippen LogP contribution in [0, 0.1) is 10.1 Å². The number of nitrogens with one attached hydrogen (secondary N) is 2.